The topological polar surface area (TPSA) is 426 Å². The monoisotopic (exact) mass is 944 g/mol. The van der Waals surface area contributed by atoms with Crippen LogP contribution >= 0.6 is 0 Å². The summed E-state index contributed by atoms with van der Waals surface area (Å²) in [6, 6.07) is 10.1. The van der Waals surface area contributed by atoms with Gasteiger partial charge in [0.1, 0.15) is 88.8 Å². The van der Waals surface area contributed by atoms with E-state index >= 15 is 0 Å². The van der Waals surface area contributed by atoms with Gasteiger partial charge in [-0.15, -0.1) is 0 Å². The molecule has 2 aliphatic carbocycles. The van der Waals surface area contributed by atoms with Crippen LogP contribution < -0.4 is 0 Å². The van der Waals surface area contributed by atoms with Gasteiger partial charge in [0, 0.05) is 5.57 Å². The summed E-state index contributed by atoms with van der Waals surface area (Å²) in [5.41, 5.74) is -3.85. The molecule has 2 aromatic rings. The first-order chi connectivity index (χ1) is 31.5. The molecule has 67 heavy (non-hydrogen) atoms. The summed E-state index contributed by atoms with van der Waals surface area (Å²) in [7, 11) is 0. The number of hydrogen-bond donors (Lipinski definition) is 15. The molecule has 0 aromatic heterocycles. The zero-order valence-electron chi connectivity index (χ0n) is 34.3. The number of ether oxygens (including phenoxy) is 4. The number of carbonyl (C=O) groups excluding carboxylic acids is 5. The highest BCUT2D eigenvalue weighted by molar-refractivity contribution is 6.38. The average molecular weight is 945 g/mol. The number of aliphatic hydroxyl groups is 13. The Morgan fingerprint density at radius 1 is 0.567 bits per heavy atom. The Morgan fingerprint density at radius 3 is 1.40 bits per heavy atom. The first-order valence-corrected chi connectivity index (χ1v) is 19.9. The van der Waals surface area contributed by atoms with Crippen LogP contribution in [0.5, 0.6) is 11.5 Å². The van der Waals surface area contributed by atoms with E-state index in [4.69, 9.17) is 18.9 Å². The van der Waals surface area contributed by atoms with Crippen LogP contribution in [-0.4, -0.2) is 192 Å². The van der Waals surface area contributed by atoms with Gasteiger partial charge in [0.05, 0.1) is 19.1 Å². The molecular weight excluding hydrogens is 900 g/mol. The minimum atomic E-state index is -4.10. The number of hydrogen-bond acceptors (Lipinski definition) is 24. The molecule has 0 radical (unpaired) electrons. The zero-order chi connectivity index (χ0) is 49.4. The Kier molecular flexibility index (Phi) is 14.8. The van der Waals surface area contributed by atoms with Gasteiger partial charge in [-0.1, -0.05) is 36.4 Å². The highest BCUT2D eigenvalue weighted by atomic mass is 16.8. The molecule has 6 rings (SSSR count). The lowest BCUT2D eigenvalue weighted by Crippen LogP contribution is -2.66. The molecule has 2 aromatic carbocycles. The molecule has 3 fully saturated rings. The van der Waals surface area contributed by atoms with Crippen molar-refractivity contribution in [1.29, 1.82) is 0 Å². The maximum atomic E-state index is 14.4. The number of phenols is 2. The molecule has 0 bridgehead atoms. The molecule has 2 aliphatic heterocycles. The molecule has 2 saturated heterocycles. The van der Waals surface area contributed by atoms with Crippen molar-refractivity contribution >= 4 is 41.1 Å². The van der Waals surface area contributed by atoms with E-state index in [1.54, 1.807) is 0 Å². The smallest absolute Gasteiger partial charge is 0.299 e. The van der Waals surface area contributed by atoms with Crippen LogP contribution in [0.15, 0.2) is 94.7 Å². The maximum Gasteiger partial charge on any atom is 0.299 e. The van der Waals surface area contributed by atoms with E-state index in [0.717, 1.165) is 18.2 Å². The first-order valence-electron chi connectivity index (χ1n) is 19.9. The minimum Gasteiger partial charge on any atom is -0.508 e. The van der Waals surface area contributed by atoms with Crippen molar-refractivity contribution in [3.05, 3.63) is 106 Å². The van der Waals surface area contributed by atoms with E-state index in [0.29, 0.717) is 6.08 Å². The molecule has 24 heteroatoms. The van der Waals surface area contributed by atoms with Gasteiger partial charge in [0.15, 0.2) is 18.4 Å². The number of aliphatic hydroxyl groups excluding tert-OH is 11. The molecule has 0 amide bonds. The third-order valence-electron chi connectivity index (χ3n) is 11.2. The van der Waals surface area contributed by atoms with Crippen molar-refractivity contribution in [1.82, 2.24) is 0 Å². The van der Waals surface area contributed by atoms with Gasteiger partial charge in [-0.25, -0.2) is 0 Å². The van der Waals surface area contributed by atoms with E-state index in [2.05, 4.69) is 0 Å². The standard InChI is InChI=1S/C43H44O24/c44-14-24-30(52)32(54)34(56)40(64-24)66-42(62)36(58)20(28(50)26(38(42)60)22(48)11-5-16-1-7-18(46)8-2-16)13-21-29(51)27(23(49)12-6-17-3-9-19(47)10-4-17)39(61)43(63,37(21)59)67-41-35(57)33(55)31(53)25(15-45)65-41/h1-12,20,24-25,30-35,40-41,44-49,51-57,62-63H,13-15H2/b11-5+,12-6+,26-22?,27-23?/t20-,24-,25-,30-,31-,32+,33+,34-,35-,40+,41+,42-,43+/m1/s1. The van der Waals surface area contributed by atoms with Gasteiger partial charge >= 0.3 is 0 Å². The molecule has 15 N–H and O–H groups in total. The second-order valence-electron chi connectivity index (χ2n) is 15.6. The second-order valence-corrected chi connectivity index (χ2v) is 15.6. The van der Waals surface area contributed by atoms with E-state index in [-0.39, 0.29) is 22.6 Å². The Morgan fingerprint density at radius 2 is 0.970 bits per heavy atom. The van der Waals surface area contributed by atoms with Crippen LogP contribution in [0, 0.1) is 5.92 Å². The van der Waals surface area contributed by atoms with E-state index < -0.39 is 161 Å². The predicted molar refractivity (Wildman–Crippen MR) is 216 cm³/mol. The summed E-state index contributed by atoms with van der Waals surface area (Å²) in [6.45, 7) is -2.17. The van der Waals surface area contributed by atoms with Gasteiger partial charge in [0.2, 0.25) is 23.1 Å². The van der Waals surface area contributed by atoms with Crippen LogP contribution in [0.2, 0.25) is 0 Å². The second kappa shape index (κ2) is 19.6. The van der Waals surface area contributed by atoms with Crippen LogP contribution in [0.4, 0.5) is 0 Å². The molecule has 2 heterocycles. The summed E-state index contributed by atoms with van der Waals surface area (Å²) >= 11 is 0. The quantitative estimate of drug-likeness (QED) is 0.0318. The van der Waals surface area contributed by atoms with Crippen molar-refractivity contribution in [2.24, 2.45) is 5.92 Å². The number of benzene rings is 2. The fourth-order valence-corrected chi connectivity index (χ4v) is 7.40. The molecule has 0 unspecified atom stereocenters. The molecule has 360 valence electrons. The molecule has 1 saturated carbocycles. The fraction of sp³-hybridized carbons (Fsp3) is 0.372. The zero-order valence-corrected chi connectivity index (χ0v) is 34.3. The van der Waals surface area contributed by atoms with Crippen molar-refractivity contribution in [3.8, 4) is 11.5 Å². The predicted octanol–water partition coefficient (Wildman–Crippen LogP) is -3.85. The van der Waals surface area contributed by atoms with Crippen LogP contribution in [-0.2, 0) is 42.9 Å². The third-order valence-corrected chi connectivity index (χ3v) is 11.2. The normalized spacial score (nSPS) is 35.8. The Balaban J connectivity index is 1.50. The largest absolute Gasteiger partial charge is 0.508 e. The number of Topliss-reactive ketones (excluding diaryl/α,β-unsaturated/α-hetero) is 5. The number of ketones is 5. The van der Waals surface area contributed by atoms with Crippen molar-refractivity contribution in [3.63, 3.8) is 0 Å². The maximum absolute atomic E-state index is 14.4. The van der Waals surface area contributed by atoms with Gasteiger partial charge in [-0.2, -0.15) is 0 Å². The Bertz CT molecular complexity index is 2430. The van der Waals surface area contributed by atoms with E-state index in [9.17, 15) is 101 Å². The van der Waals surface area contributed by atoms with Gasteiger partial charge < -0.3 is 95.5 Å². The van der Waals surface area contributed by atoms with Gasteiger partial charge in [-0.05, 0) is 54.0 Å². The van der Waals surface area contributed by atoms with Crippen LogP contribution in [0.3, 0.4) is 0 Å². The van der Waals surface area contributed by atoms with Gasteiger partial charge in [-0.3, -0.25) is 24.0 Å². The molecular formula is C43H44O24. The SMILES string of the molecule is O=C1C(=C(O)/C=C/c2ccc(O)cc2)C(=O)[C@](O)(O[C@@H]2O[C@H](CO)[C@@H](O)[C@H](O)[C@H]2O)C(=O)[C@@H]1CC1=C(O)C(=C(O)/C=C/c2ccc(O)cc2)C(=O)[C@@](O)(O[C@@H]2O[C@H](CO)[C@@H](O)[C@H](O)[C@H]2O)C1=O. The average Bonchev–Trinajstić information content (AvgIpc) is 3.30. The Hall–Kier alpha value is -6.07. The van der Waals surface area contributed by atoms with Crippen molar-refractivity contribution in [2.45, 2.75) is 79.4 Å². The number of allylic oxidation sites excluding steroid dienone is 3. The first kappa shape index (κ1) is 50.3. The van der Waals surface area contributed by atoms with E-state index in [1.807, 2.05) is 0 Å². The summed E-state index contributed by atoms with van der Waals surface area (Å²) < 4.78 is 20.8. The lowest BCUT2D eigenvalue weighted by atomic mass is 9.72. The Labute approximate surface area is 376 Å². The fourth-order valence-electron chi connectivity index (χ4n) is 7.40. The number of phenolic OH excluding ortho intramolecular Hbond substituents is 2. The number of carbonyl (C=O) groups is 5. The van der Waals surface area contributed by atoms with Crippen LogP contribution in [0.25, 0.3) is 12.2 Å². The summed E-state index contributed by atoms with van der Waals surface area (Å²) in [6.07, 6.45) is -20.1. The summed E-state index contributed by atoms with van der Waals surface area (Å²) in [5, 5.41) is 159. The molecule has 24 nitrogen and oxygen atoms in total. The minimum absolute atomic E-state index is 0.181. The van der Waals surface area contributed by atoms with Gasteiger partial charge in [0.25, 0.3) is 11.6 Å². The number of aromatic hydroxyl groups is 2. The van der Waals surface area contributed by atoms with E-state index in [1.165, 1.54) is 48.5 Å². The van der Waals surface area contributed by atoms with Crippen molar-refractivity contribution < 1.29 is 120 Å². The molecule has 0 spiro atoms. The molecule has 4 aliphatic rings. The lowest BCUT2D eigenvalue weighted by molar-refractivity contribution is -0.343. The lowest BCUT2D eigenvalue weighted by Gasteiger charge is -2.43. The number of rotatable bonds is 12. The van der Waals surface area contributed by atoms with Crippen LogP contribution in [0.1, 0.15) is 17.5 Å². The molecule has 13 atom stereocenters. The highest BCUT2D eigenvalue weighted by Crippen LogP contribution is 2.42. The van der Waals surface area contributed by atoms with Crippen molar-refractivity contribution in [2.75, 3.05) is 13.2 Å². The third kappa shape index (κ3) is 9.44. The summed E-state index contributed by atoms with van der Waals surface area (Å²) in [4.78, 5) is 71.2. The summed E-state index contributed by atoms with van der Waals surface area (Å²) in [5.74, 6) is -25.5. The highest BCUT2D eigenvalue weighted by Gasteiger charge is 2.64.